The van der Waals surface area contributed by atoms with Crippen LogP contribution in [0.2, 0.25) is 0 Å². The van der Waals surface area contributed by atoms with Crippen molar-refractivity contribution in [2.24, 2.45) is 4.99 Å². The number of hydrogen-bond donors (Lipinski definition) is 2. The zero-order chi connectivity index (χ0) is 19.7. The first-order valence-electron chi connectivity index (χ1n) is 9.40. The summed E-state index contributed by atoms with van der Waals surface area (Å²) in [5.41, 5.74) is 1.10. The van der Waals surface area contributed by atoms with Crippen LogP contribution in [0.1, 0.15) is 37.8 Å². The van der Waals surface area contributed by atoms with E-state index in [4.69, 9.17) is 4.74 Å². The summed E-state index contributed by atoms with van der Waals surface area (Å²) in [6.45, 7) is 4.74. The molecular weight excluding hydrogens is 484 g/mol. The molecule has 1 aliphatic heterocycles. The summed E-state index contributed by atoms with van der Waals surface area (Å²) in [7, 11) is 1.63. The second kappa shape index (κ2) is 12.4. The van der Waals surface area contributed by atoms with Gasteiger partial charge in [0.05, 0.1) is 26.1 Å². The van der Waals surface area contributed by atoms with Crippen molar-refractivity contribution >= 4 is 29.9 Å². The van der Waals surface area contributed by atoms with Crippen molar-refractivity contribution in [3.05, 3.63) is 29.8 Å². The van der Waals surface area contributed by atoms with Crippen molar-refractivity contribution < 1.29 is 17.9 Å². The highest BCUT2D eigenvalue weighted by Gasteiger charge is 2.27. The van der Waals surface area contributed by atoms with Crippen LogP contribution in [0.15, 0.2) is 29.3 Å². The first kappa shape index (κ1) is 24.8. The number of methoxy groups -OCH3 is 1. The van der Waals surface area contributed by atoms with Gasteiger partial charge in [-0.2, -0.15) is 13.2 Å². The minimum atomic E-state index is -4.18. The fourth-order valence-corrected chi connectivity index (χ4v) is 3.18. The lowest BCUT2D eigenvalue weighted by molar-refractivity contribution is -0.132. The summed E-state index contributed by atoms with van der Waals surface area (Å²) >= 11 is 0. The van der Waals surface area contributed by atoms with Gasteiger partial charge < -0.3 is 15.4 Å². The number of hydrogen-bond acceptors (Lipinski definition) is 3. The summed E-state index contributed by atoms with van der Waals surface area (Å²) in [5.74, 6) is 1.20. The molecule has 1 aliphatic rings. The topological polar surface area (TPSA) is 48.9 Å². The van der Waals surface area contributed by atoms with E-state index in [0.717, 1.165) is 37.2 Å². The van der Waals surface area contributed by atoms with Crippen LogP contribution >= 0.6 is 24.0 Å². The maximum absolute atomic E-state index is 12.4. The van der Waals surface area contributed by atoms with Crippen LogP contribution in [0.25, 0.3) is 0 Å². The molecule has 1 aromatic rings. The third-order valence-corrected chi connectivity index (χ3v) is 4.53. The predicted molar refractivity (Wildman–Crippen MR) is 117 cm³/mol. The Morgan fingerprint density at radius 3 is 2.57 bits per heavy atom. The highest BCUT2D eigenvalue weighted by Crippen LogP contribution is 2.28. The second-order valence-electron chi connectivity index (χ2n) is 6.55. The van der Waals surface area contributed by atoms with Crippen LogP contribution in [-0.2, 0) is 0 Å². The van der Waals surface area contributed by atoms with Crippen molar-refractivity contribution in [3.8, 4) is 5.75 Å². The molecule has 0 aliphatic carbocycles. The van der Waals surface area contributed by atoms with E-state index < -0.39 is 12.6 Å². The van der Waals surface area contributed by atoms with Crippen LogP contribution in [-0.4, -0.2) is 56.9 Å². The van der Waals surface area contributed by atoms with E-state index in [1.807, 2.05) is 31.2 Å². The Morgan fingerprint density at radius 2 is 1.96 bits per heavy atom. The van der Waals surface area contributed by atoms with Gasteiger partial charge in [-0.3, -0.25) is 9.89 Å². The van der Waals surface area contributed by atoms with Crippen LogP contribution in [0.4, 0.5) is 13.2 Å². The van der Waals surface area contributed by atoms with Gasteiger partial charge in [-0.05, 0) is 50.6 Å². The number of ether oxygens (including phenoxy) is 1. The van der Waals surface area contributed by atoms with Crippen molar-refractivity contribution in [2.75, 3.05) is 39.8 Å². The van der Waals surface area contributed by atoms with Crippen molar-refractivity contribution in [3.63, 3.8) is 0 Å². The molecule has 0 saturated carbocycles. The number of nitrogens with zero attached hydrogens (tertiary/aromatic N) is 2. The van der Waals surface area contributed by atoms with Gasteiger partial charge in [-0.25, -0.2) is 0 Å². The number of likely N-dealkylation sites (tertiary alicyclic amines) is 1. The molecule has 1 atom stereocenters. The SMILES string of the molecule is CCNC(=NCC(c1cccc(OC)c1)N1CCCC1)NCCC(F)(F)F.I. The maximum atomic E-state index is 12.4. The number of nitrogens with one attached hydrogen (secondary N) is 2. The average molecular weight is 514 g/mol. The molecule has 9 heteroatoms. The second-order valence-corrected chi connectivity index (χ2v) is 6.55. The molecule has 0 spiro atoms. The molecule has 1 fully saturated rings. The smallest absolute Gasteiger partial charge is 0.390 e. The van der Waals surface area contributed by atoms with Gasteiger partial charge in [-0.1, -0.05) is 12.1 Å². The summed E-state index contributed by atoms with van der Waals surface area (Å²) in [4.78, 5) is 6.93. The minimum absolute atomic E-state index is 0. The lowest BCUT2D eigenvalue weighted by Gasteiger charge is -2.27. The van der Waals surface area contributed by atoms with Gasteiger partial charge in [0.1, 0.15) is 5.75 Å². The number of alkyl halides is 3. The molecule has 160 valence electrons. The van der Waals surface area contributed by atoms with E-state index in [2.05, 4.69) is 20.5 Å². The predicted octanol–water partition coefficient (Wildman–Crippen LogP) is 3.96. The average Bonchev–Trinajstić information content (AvgIpc) is 3.15. The fourth-order valence-electron chi connectivity index (χ4n) is 3.18. The van der Waals surface area contributed by atoms with Gasteiger partial charge >= 0.3 is 6.18 Å². The van der Waals surface area contributed by atoms with E-state index in [1.54, 1.807) is 7.11 Å². The highest BCUT2D eigenvalue weighted by molar-refractivity contribution is 14.0. The summed E-state index contributed by atoms with van der Waals surface area (Å²) < 4.78 is 42.5. The number of guanidine groups is 1. The fraction of sp³-hybridized carbons (Fsp3) is 0.632. The Bertz CT molecular complexity index is 607. The van der Waals surface area contributed by atoms with E-state index in [9.17, 15) is 13.2 Å². The molecule has 2 N–H and O–H groups in total. The van der Waals surface area contributed by atoms with Crippen molar-refractivity contribution in [1.29, 1.82) is 0 Å². The molecule has 1 aromatic carbocycles. The third kappa shape index (κ3) is 8.42. The molecule has 1 saturated heterocycles. The molecule has 5 nitrogen and oxygen atoms in total. The quantitative estimate of drug-likeness (QED) is 0.314. The maximum Gasteiger partial charge on any atom is 0.390 e. The van der Waals surface area contributed by atoms with E-state index >= 15 is 0 Å². The first-order chi connectivity index (χ1) is 12.9. The number of rotatable bonds is 8. The lowest BCUT2D eigenvalue weighted by atomic mass is 10.1. The van der Waals surface area contributed by atoms with Crippen LogP contribution in [0.5, 0.6) is 5.75 Å². The summed E-state index contributed by atoms with van der Waals surface area (Å²) in [6.07, 6.45) is -2.77. The van der Waals surface area contributed by atoms with Crippen LogP contribution in [0.3, 0.4) is 0 Å². The first-order valence-corrected chi connectivity index (χ1v) is 9.40. The van der Waals surface area contributed by atoms with Gasteiger partial charge in [0.2, 0.25) is 0 Å². The molecular formula is C19H30F3IN4O. The van der Waals surface area contributed by atoms with Crippen molar-refractivity contribution in [1.82, 2.24) is 15.5 Å². The van der Waals surface area contributed by atoms with E-state index in [0.29, 0.717) is 19.0 Å². The molecule has 2 rings (SSSR count). The summed E-state index contributed by atoms with van der Waals surface area (Å²) in [6, 6.07) is 7.97. The molecule has 0 aromatic heterocycles. The van der Waals surface area contributed by atoms with Crippen LogP contribution in [0, 0.1) is 0 Å². The van der Waals surface area contributed by atoms with Gasteiger partial charge in [0.15, 0.2) is 5.96 Å². The van der Waals surface area contributed by atoms with Crippen molar-refractivity contribution in [2.45, 2.75) is 38.4 Å². The zero-order valence-electron chi connectivity index (χ0n) is 16.4. The van der Waals surface area contributed by atoms with Gasteiger partial charge in [0.25, 0.3) is 0 Å². The Labute approximate surface area is 182 Å². The zero-order valence-corrected chi connectivity index (χ0v) is 18.7. The van der Waals surface area contributed by atoms with E-state index in [1.165, 1.54) is 0 Å². The molecule has 1 heterocycles. The minimum Gasteiger partial charge on any atom is -0.497 e. The highest BCUT2D eigenvalue weighted by atomic mass is 127. The molecule has 0 bridgehead atoms. The molecule has 1 unspecified atom stereocenters. The normalized spacial score (nSPS) is 16.4. The van der Waals surface area contributed by atoms with Gasteiger partial charge in [0, 0.05) is 13.1 Å². The third-order valence-electron chi connectivity index (χ3n) is 4.53. The largest absolute Gasteiger partial charge is 0.497 e. The molecule has 28 heavy (non-hydrogen) atoms. The monoisotopic (exact) mass is 514 g/mol. The summed E-state index contributed by atoms with van der Waals surface area (Å²) in [5, 5.41) is 5.79. The van der Waals surface area contributed by atoms with Gasteiger partial charge in [-0.15, -0.1) is 24.0 Å². The number of benzene rings is 1. The van der Waals surface area contributed by atoms with Crippen LogP contribution < -0.4 is 15.4 Å². The Hall–Kier alpha value is -1.23. The van der Waals surface area contributed by atoms with E-state index in [-0.39, 0.29) is 36.6 Å². The number of aliphatic imine (C=N–C) groups is 1. The standard InChI is InChI=1S/C19H29F3N4O.HI/c1-3-23-18(24-10-9-19(20,21)22)25-14-17(26-11-4-5-12-26)15-7-6-8-16(13-15)27-2;/h6-8,13,17H,3-5,9-12,14H2,1-2H3,(H2,23,24,25);1H. The Morgan fingerprint density at radius 1 is 1.25 bits per heavy atom. The lowest BCUT2D eigenvalue weighted by Crippen LogP contribution is -2.39. The Kier molecular flexibility index (Phi) is 10.9. The number of halogens is 4. The molecule has 0 amide bonds. The Balaban J connectivity index is 0.00000392. The molecule has 0 radical (unpaired) electrons.